The van der Waals surface area contributed by atoms with E-state index in [-0.39, 0.29) is 5.78 Å². The fraction of sp³-hybridized carbons (Fsp3) is 0.182. The molecule has 4 heteroatoms. The second kappa shape index (κ2) is 4.31. The Kier molecular flexibility index (Phi) is 2.87. The van der Waals surface area contributed by atoms with Gasteiger partial charge in [0.25, 0.3) is 0 Å². The molecule has 0 saturated heterocycles. The van der Waals surface area contributed by atoms with Crippen molar-refractivity contribution < 1.29 is 4.79 Å². The van der Waals surface area contributed by atoms with Gasteiger partial charge in [0.15, 0.2) is 0 Å². The van der Waals surface area contributed by atoms with Crippen LogP contribution in [-0.4, -0.2) is 15.4 Å². The van der Waals surface area contributed by atoms with E-state index < -0.39 is 0 Å². The molecule has 1 aromatic carbocycles. The largest absolute Gasteiger partial charge is 0.288 e. The number of benzene rings is 1. The summed E-state index contributed by atoms with van der Waals surface area (Å²) in [5.74, 6) is 0.000278. The smallest absolute Gasteiger partial charge is 0.206 e. The molecule has 0 amide bonds. The third kappa shape index (κ3) is 2.10. The molecule has 15 heavy (non-hydrogen) atoms. The van der Waals surface area contributed by atoms with Crippen molar-refractivity contribution in [1.29, 1.82) is 0 Å². The van der Waals surface area contributed by atoms with Gasteiger partial charge in [-0.1, -0.05) is 29.6 Å². The highest BCUT2D eigenvalue weighted by atomic mass is 32.1. The number of ketones is 1. The number of hydrogen-bond donors (Lipinski definition) is 0. The number of aryl methyl sites for hydroxylation is 1. The first-order chi connectivity index (χ1) is 7.31. The number of carbonyl (C=O) groups is 1. The summed E-state index contributed by atoms with van der Waals surface area (Å²) < 4.78 is 3.68. The minimum absolute atomic E-state index is 0.000278. The fourth-order valence-corrected chi connectivity index (χ4v) is 1.82. The molecule has 0 aliphatic carbocycles. The molecule has 0 saturated carbocycles. The molecule has 0 fully saturated rings. The van der Waals surface area contributed by atoms with Gasteiger partial charge in [0.1, 0.15) is 4.88 Å². The molecule has 1 aromatic heterocycles. The van der Waals surface area contributed by atoms with Crippen LogP contribution in [0.1, 0.15) is 27.7 Å². The highest BCUT2D eigenvalue weighted by Gasteiger charge is 2.11. The van der Waals surface area contributed by atoms with Crippen LogP contribution in [0.15, 0.2) is 30.5 Å². The Hall–Kier alpha value is -1.55. The Morgan fingerprint density at radius 3 is 3.00 bits per heavy atom. The Morgan fingerprint density at radius 1 is 1.47 bits per heavy atom. The van der Waals surface area contributed by atoms with Gasteiger partial charge in [-0.05, 0) is 29.6 Å². The number of aromatic nitrogens is 2. The van der Waals surface area contributed by atoms with Crippen LogP contribution in [0.3, 0.4) is 0 Å². The van der Waals surface area contributed by atoms with E-state index in [4.69, 9.17) is 0 Å². The van der Waals surface area contributed by atoms with E-state index >= 15 is 0 Å². The summed E-state index contributed by atoms with van der Waals surface area (Å²) in [6.07, 6.45) is 2.44. The number of carbonyl (C=O) groups excluding carboxylic acids is 1. The van der Waals surface area contributed by atoms with Gasteiger partial charge in [-0.2, -0.15) is 0 Å². The molecular formula is C11H10N2OS. The lowest BCUT2D eigenvalue weighted by Crippen LogP contribution is -1.99. The summed E-state index contributed by atoms with van der Waals surface area (Å²) in [5.41, 5.74) is 1.87. The van der Waals surface area contributed by atoms with Crippen LogP contribution in [0.5, 0.6) is 0 Å². The highest BCUT2D eigenvalue weighted by molar-refractivity contribution is 7.08. The predicted octanol–water partition coefficient (Wildman–Crippen LogP) is 2.33. The van der Waals surface area contributed by atoms with Gasteiger partial charge < -0.3 is 0 Å². The molecule has 0 N–H and O–H groups in total. The second-order valence-electron chi connectivity index (χ2n) is 3.16. The standard InChI is InChI=1S/C11H10N2OS/c1-2-8-4-3-5-9(6-8)11(14)10-7-12-13-15-10/h3-7H,2H2,1H3. The summed E-state index contributed by atoms with van der Waals surface area (Å²) >= 11 is 1.13. The topological polar surface area (TPSA) is 42.9 Å². The summed E-state index contributed by atoms with van der Waals surface area (Å²) in [6, 6.07) is 7.66. The zero-order valence-corrected chi connectivity index (χ0v) is 9.12. The molecule has 0 aliphatic heterocycles. The van der Waals surface area contributed by atoms with Gasteiger partial charge in [0.05, 0.1) is 6.20 Å². The van der Waals surface area contributed by atoms with Crippen LogP contribution in [0.25, 0.3) is 0 Å². The molecule has 0 unspecified atom stereocenters. The molecule has 2 rings (SSSR count). The van der Waals surface area contributed by atoms with Crippen molar-refractivity contribution in [3.8, 4) is 0 Å². The van der Waals surface area contributed by atoms with E-state index in [1.54, 1.807) is 0 Å². The number of nitrogens with zero attached hydrogens (tertiary/aromatic N) is 2. The Labute approximate surface area is 91.9 Å². The van der Waals surface area contributed by atoms with Crippen LogP contribution in [0.2, 0.25) is 0 Å². The Balaban J connectivity index is 2.34. The maximum Gasteiger partial charge on any atom is 0.206 e. The zero-order chi connectivity index (χ0) is 10.7. The van der Waals surface area contributed by atoms with E-state index in [0.717, 1.165) is 18.0 Å². The lowest BCUT2D eigenvalue weighted by molar-refractivity contribution is 0.104. The third-order valence-corrected chi connectivity index (χ3v) is 2.85. The minimum Gasteiger partial charge on any atom is -0.288 e. The quantitative estimate of drug-likeness (QED) is 0.742. The van der Waals surface area contributed by atoms with Crippen molar-refractivity contribution >= 4 is 17.3 Å². The first-order valence-electron chi connectivity index (χ1n) is 4.72. The molecule has 0 atom stereocenters. The van der Waals surface area contributed by atoms with E-state index in [1.807, 2.05) is 24.3 Å². The summed E-state index contributed by atoms with van der Waals surface area (Å²) in [4.78, 5) is 12.5. The maximum absolute atomic E-state index is 11.9. The highest BCUT2D eigenvalue weighted by Crippen LogP contribution is 2.13. The lowest BCUT2D eigenvalue weighted by Gasteiger charge is -2.00. The van der Waals surface area contributed by atoms with Crippen molar-refractivity contribution in [1.82, 2.24) is 9.59 Å². The average molecular weight is 218 g/mol. The molecule has 0 radical (unpaired) electrons. The number of hydrogen-bond acceptors (Lipinski definition) is 4. The van der Waals surface area contributed by atoms with Crippen LogP contribution in [-0.2, 0) is 6.42 Å². The van der Waals surface area contributed by atoms with E-state index in [1.165, 1.54) is 11.8 Å². The molecule has 0 aliphatic rings. The summed E-state index contributed by atoms with van der Waals surface area (Å²) in [6.45, 7) is 2.07. The van der Waals surface area contributed by atoms with Gasteiger partial charge in [-0.25, -0.2) is 0 Å². The predicted molar refractivity (Wildman–Crippen MR) is 59.2 cm³/mol. The second-order valence-corrected chi connectivity index (χ2v) is 3.95. The van der Waals surface area contributed by atoms with E-state index in [0.29, 0.717) is 10.4 Å². The van der Waals surface area contributed by atoms with Gasteiger partial charge in [-0.15, -0.1) is 5.10 Å². The number of rotatable bonds is 3. The van der Waals surface area contributed by atoms with E-state index in [9.17, 15) is 4.79 Å². The molecule has 3 nitrogen and oxygen atoms in total. The van der Waals surface area contributed by atoms with Gasteiger partial charge in [0.2, 0.25) is 5.78 Å². The monoisotopic (exact) mass is 218 g/mol. The molecule has 1 heterocycles. The fourth-order valence-electron chi connectivity index (χ4n) is 1.34. The average Bonchev–Trinajstić information content (AvgIpc) is 2.81. The third-order valence-electron chi connectivity index (χ3n) is 2.18. The van der Waals surface area contributed by atoms with E-state index in [2.05, 4.69) is 16.5 Å². The van der Waals surface area contributed by atoms with Crippen LogP contribution >= 0.6 is 11.5 Å². The van der Waals surface area contributed by atoms with Crippen molar-refractivity contribution in [2.45, 2.75) is 13.3 Å². The first kappa shape index (κ1) is 9.98. The van der Waals surface area contributed by atoms with Gasteiger partial charge in [0, 0.05) is 5.56 Å². The minimum atomic E-state index is 0.000278. The van der Waals surface area contributed by atoms with Crippen molar-refractivity contribution in [2.24, 2.45) is 0 Å². The summed E-state index contributed by atoms with van der Waals surface area (Å²) in [7, 11) is 0. The Bertz CT molecular complexity index is 465. The van der Waals surface area contributed by atoms with Gasteiger partial charge in [-0.3, -0.25) is 4.79 Å². The van der Waals surface area contributed by atoms with Crippen LogP contribution in [0.4, 0.5) is 0 Å². The summed E-state index contributed by atoms with van der Waals surface area (Å²) in [5, 5.41) is 3.66. The van der Waals surface area contributed by atoms with Crippen LogP contribution < -0.4 is 0 Å². The molecular weight excluding hydrogens is 208 g/mol. The van der Waals surface area contributed by atoms with Crippen molar-refractivity contribution in [3.63, 3.8) is 0 Å². The molecule has 2 aromatic rings. The normalized spacial score (nSPS) is 10.2. The molecule has 76 valence electrons. The Morgan fingerprint density at radius 2 is 2.33 bits per heavy atom. The van der Waals surface area contributed by atoms with Crippen molar-refractivity contribution in [3.05, 3.63) is 46.5 Å². The molecule has 0 spiro atoms. The van der Waals surface area contributed by atoms with Crippen molar-refractivity contribution in [2.75, 3.05) is 0 Å². The molecule has 0 bridgehead atoms. The zero-order valence-electron chi connectivity index (χ0n) is 8.30. The first-order valence-corrected chi connectivity index (χ1v) is 5.49. The lowest BCUT2D eigenvalue weighted by atomic mass is 10.1. The van der Waals surface area contributed by atoms with Crippen LogP contribution in [0, 0.1) is 0 Å². The SMILES string of the molecule is CCc1cccc(C(=O)c2cnns2)c1. The van der Waals surface area contributed by atoms with Gasteiger partial charge >= 0.3 is 0 Å². The maximum atomic E-state index is 11.9.